The summed E-state index contributed by atoms with van der Waals surface area (Å²) in [5, 5.41) is 2.69. The van der Waals surface area contributed by atoms with Crippen LogP contribution in [0.25, 0.3) is 0 Å². The van der Waals surface area contributed by atoms with Crippen LogP contribution in [0, 0.1) is 17.7 Å². The quantitative estimate of drug-likeness (QED) is 0.894. The standard InChI is InChI=1S/C14H18BrFN2O/c15-11-2-1-3-12(16)13(11)18-14(19)10-6-4-9(8-17)5-7-10/h1-3,9-10H,4-8,17H2,(H,18,19). The molecule has 1 fully saturated rings. The van der Waals surface area contributed by atoms with Crippen molar-refractivity contribution in [3.05, 3.63) is 28.5 Å². The fourth-order valence-electron chi connectivity index (χ4n) is 2.50. The molecule has 1 amide bonds. The van der Waals surface area contributed by atoms with Gasteiger partial charge in [-0.05, 0) is 66.2 Å². The van der Waals surface area contributed by atoms with Crippen molar-refractivity contribution in [2.24, 2.45) is 17.6 Å². The summed E-state index contributed by atoms with van der Waals surface area (Å²) >= 11 is 3.25. The predicted octanol–water partition coefficient (Wildman–Crippen LogP) is 3.29. The minimum absolute atomic E-state index is 0.0330. The highest BCUT2D eigenvalue weighted by atomic mass is 79.9. The molecule has 1 aromatic rings. The summed E-state index contributed by atoms with van der Waals surface area (Å²) in [6.45, 7) is 0.688. The molecule has 3 nitrogen and oxygen atoms in total. The molecule has 1 aliphatic rings. The molecule has 2 rings (SSSR count). The van der Waals surface area contributed by atoms with Gasteiger partial charge in [0.05, 0.1) is 5.69 Å². The van der Waals surface area contributed by atoms with Crippen LogP contribution in [-0.2, 0) is 4.79 Å². The summed E-state index contributed by atoms with van der Waals surface area (Å²) in [6, 6.07) is 4.65. The minimum atomic E-state index is -0.418. The lowest BCUT2D eigenvalue weighted by Gasteiger charge is -2.26. The zero-order valence-electron chi connectivity index (χ0n) is 10.7. The Balaban J connectivity index is 1.98. The van der Waals surface area contributed by atoms with Gasteiger partial charge in [-0.25, -0.2) is 4.39 Å². The van der Waals surface area contributed by atoms with Gasteiger partial charge in [0.25, 0.3) is 0 Å². The van der Waals surface area contributed by atoms with Crippen LogP contribution in [0.1, 0.15) is 25.7 Å². The molecule has 0 radical (unpaired) electrons. The van der Waals surface area contributed by atoms with E-state index in [2.05, 4.69) is 21.2 Å². The van der Waals surface area contributed by atoms with Crippen molar-refractivity contribution in [3.63, 3.8) is 0 Å². The number of carbonyl (C=O) groups is 1. The molecular formula is C14H18BrFN2O. The summed E-state index contributed by atoms with van der Waals surface area (Å²) in [5.41, 5.74) is 5.86. The molecule has 0 heterocycles. The molecule has 0 aliphatic heterocycles. The van der Waals surface area contributed by atoms with E-state index in [0.29, 0.717) is 16.9 Å². The molecule has 0 unspecified atom stereocenters. The monoisotopic (exact) mass is 328 g/mol. The number of carbonyl (C=O) groups excluding carboxylic acids is 1. The molecule has 0 atom stereocenters. The molecule has 1 aromatic carbocycles. The summed E-state index contributed by atoms with van der Waals surface area (Å²) in [6.07, 6.45) is 3.62. The number of anilines is 1. The Morgan fingerprint density at radius 2 is 2.05 bits per heavy atom. The van der Waals surface area contributed by atoms with Crippen LogP contribution in [0.3, 0.4) is 0 Å². The van der Waals surface area contributed by atoms with Crippen LogP contribution < -0.4 is 11.1 Å². The number of hydrogen-bond donors (Lipinski definition) is 2. The van der Waals surface area contributed by atoms with Crippen molar-refractivity contribution in [2.45, 2.75) is 25.7 Å². The molecule has 0 spiro atoms. The van der Waals surface area contributed by atoms with Gasteiger partial charge in [0.15, 0.2) is 0 Å². The van der Waals surface area contributed by atoms with E-state index in [1.807, 2.05) is 0 Å². The first kappa shape index (κ1) is 14.5. The molecule has 0 aromatic heterocycles. The van der Waals surface area contributed by atoms with Crippen molar-refractivity contribution in [2.75, 3.05) is 11.9 Å². The number of rotatable bonds is 3. The normalized spacial score (nSPS) is 23.1. The number of hydrogen-bond acceptors (Lipinski definition) is 2. The van der Waals surface area contributed by atoms with Crippen LogP contribution in [0.5, 0.6) is 0 Å². The van der Waals surface area contributed by atoms with Gasteiger partial charge in [-0.1, -0.05) is 6.07 Å². The smallest absolute Gasteiger partial charge is 0.227 e. The molecular weight excluding hydrogens is 311 g/mol. The highest BCUT2D eigenvalue weighted by molar-refractivity contribution is 9.10. The van der Waals surface area contributed by atoms with Crippen molar-refractivity contribution < 1.29 is 9.18 Å². The molecule has 3 N–H and O–H groups in total. The summed E-state index contributed by atoms with van der Waals surface area (Å²) in [7, 11) is 0. The fourth-order valence-corrected chi connectivity index (χ4v) is 2.94. The van der Waals surface area contributed by atoms with Crippen molar-refractivity contribution >= 4 is 27.5 Å². The predicted molar refractivity (Wildman–Crippen MR) is 77.2 cm³/mol. The van der Waals surface area contributed by atoms with Crippen molar-refractivity contribution in [1.82, 2.24) is 0 Å². The maximum Gasteiger partial charge on any atom is 0.227 e. The lowest BCUT2D eigenvalue weighted by molar-refractivity contribution is -0.121. The van der Waals surface area contributed by atoms with Crippen molar-refractivity contribution in [1.29, 1.82) is 0 Å². The van der Waals surface area contributed by atoms with E-state index in [0.717, 1.165) is 25.7 Å². The number of nitrogens with two attached hydrogens (primary N) is 1. The molecule has 1 saturated carbocycles. The molecule has 0 saturated heterocycles. The van der Waals surface area contributed by atoms with Gasteiger partial charge in [-0.3, -0.25) is 4.79 Å². The van der Waals surface area contributed by atoms with Crippen LogP contribution in [0.4, 0.5) is 10.1 Å². The molecule has 19 heavy (non-hydrogen) atoms. The zero-order chi connectivity index (χ0) is 13.8. The van der Waals surface area contributed by atoms with E-state index in [1.54, 1.807) is 12.1 Å². The van der Waals surface area contributed by atoms with Crippen LogP contribution in [0.2, 0.25) is 0 Å². The minimum Gasteiger partial charge on any atom is -0.330 e. The summed E-state index contributed by atoms with van der Waals surface area (Å²) in [5.74, 6) is -0.0156. The van der Waals surface area contributed by atoms with E-state index in [9.17, 15) is 9.18 Å². The summed E-state index contributed by atoms with van der Waals surface area (Å²) < 4.78 is 14.2. The Hall–Kier alpha value is -0.940. The molecule has 0 bridgehead atoms. The van der Waals surface area contributed by atoms with Crippen molar-refractivity contribution in [3.8, 4) is 0 Å². The second-order valence-corrected chi connectivity index (χ2v) is 5.89. The molecule has 104 valence electrons. The fraction of sp³-hybridized carbons (Fsp3) is 0.500. The van der Waals surface area contributed by atoms with E-state index >= 15 is 0 Å². The number of benzene rings is 1. The average molecular weight is 329 g/mol. The van der Waals surface area contributed by atoms with E-state index in [1.165, 1.54) is 6.07 Å². The maximum atomic E-state index is 13.6. The van der Waals surface area contributed by atoms with E-state index in [-0.39, 0.29) is 17.5 Å². The van der Waals surface area contributed by atoms with Crippen LogP contribution in [-0.4, -0.2) is 12.5 Å². The first-order chi connectivity index (χ1) is 9.11. The van der Waals surface area contributed by atoms with Gasteiger partial charge in [0.2, 0.25) is 5.91 Å². The SMILES string of the molecule is NCC1CCC(C(=O)Nc2c(F)cccc2Br)CC1. The Labute approximate surface area is 120 Å². The Kier molecular flexibility index (Phi) is 4.93. The lowest BCUT2D eigenvalue weighted by atomic mass is 9.81. The van der Waals surface area contributed by atoms with Gasteiger partial charge in [-0.2, -0.15) is 0 Å². The zero-order valence-corrected chi connectivity index (χ0v) is 12.2. The third kappa shape index (κ3) is 3.54. The Morgan fingerprint density at radius 1 is 1.37 bits per heavy atom. The molecule has 5 heteroatoms. The lowest BCUT2D eigenvalue weighted by Crippen LogP contribution is -2.29. The van der Waals surface area contributed by atoms with Gasteiger partial charge in [-0.15, -0.1) is 0 Å². The average Bonchev–Trinajstić information content (AvgIpc) is 2.43. The number of para-hydroxylation sites is 1. The van der Waals surface area contributed by atoms with Gasteiger partial charge >= 0.3 is 0 Å². The van der Waals surface area contributed by atoms with Crippen LogP contribution >= 0.6 is 15.9 Å². The maximum absolute atomic E-state index is 13.6. The van der Waals surface area contributed by atoms with Gasteiger partial charge < -0.3 is 11.1 Å². The van der Waals surface area contributed by atoms with E-state index < -0.39 is 5.82 Å². The Bertz CT molecular complexity index is 439. The second-order valence-electron chi connectivity index (χ2n) is 5.04. The number of nitrogens with one attached hydrogen (secondary N) is 1. The third-order valence-corrected chi connectivity index (χ3v) is 4.42. The van der Waals surface area contributed by atoms with Crippen LogP contribution in [0.15, 0.2) is 22.7 Å². The topological polar surface area (TPSA) is 55.1 Å². The Morgan fingerprint density at radius 3 is 2.63 bits per heavy atom. The first-order valence-corrected chi connectivity index (χ1v) is 7.36. The highest BCUT2D eigenvalue weighted by Crippen LogP contribution is 2.31. The van der Waals surface area contributed by atoms with Gasteiger partial charge in [0.1, 0.15) is 5.82 Å². The highest BCUT2D eigenvalue weighted by Gasteiger charge is 2.26. The third-order valence-electron chi connectivity index (χ3n) is 3.76. The van der Waals surface area contributed by atoms with Gasteiger partial charge in [0, 0.05) is 10.4 Å². The second kappa shape index (κ2) is 6.48. The number of halogens is 2. The number of amides is 1. The largest absolute Gasteiger partial charge is 0.330 e. The summed E-state index contributed by atoms with van der Waals surface area (Å²) in [4.78, 5) is 12.1. The molecule has 1 aliphatic carbocycles. The first-order valence-electron chi connectivity index (χ1n) is 6.56. The van der Waals surface area contributed by atoms with E-state index in [4.69, 9.17) is 5.73 Å².